The molecule has 4 unspecified atom stereocenters. The van der Waals surface area contributed by atoms with Gasteiger partial charge >= 0.3 is 12.4 Å². The quantitative estimate of drug-likeness (QED) is 0.0492. The highest BCUT2D eigenvalue weighted by Gasteiger charge is 2.37. The zero-order chi connectivity index (χ0) is 41.9. The molecule has 9 heteroatoms. The van der Waals surface area contributed by atoms with Crippen molar-refractivity contribution in [3.8, 4) is 28.7 Å². The Labute approximate surface area is 342 Å². The Morgan fingerprint density at radius 2 is 1.17 bits per heavy atom. The molecule has 304 valence electrons. The molecule has 0 amide bonds. The summed E-state index contributed by atoms with van der Waals surface area (Å²) in [5, 5.41) is 14.2. The van der Waals surface area contributed by atoms with Crippen LogP contribution in [0.1, 0.15) is 89.1 Å². The molecule has 0 spiro atoms. The van der Waals surface area contributed by atoms with E-state index in [4.69, 9.17) is 29.4 Å². The summed E-state index contributed by atoms with van der Waals surface area (Å²) in [6.45, 7) is 16.1. The predicted octanol–water partition coefficient (Wildman–Crippen LogP) is 9.38. The van der Waals surface area contributed by atoms with E-state index in [1.165, 1.54) is 0 Å². The number of aliphatic hydroxyl groups excluding tert-OH is 1. The molecular formula is C49H56N2O7. The summed E-state index contributed by atoms with van der Waals surface area (Å²) in [5.41, 5.74) is 8.56. The summed E-state index contributed by atoms with van der Waals surface area (Å²) in [5.74, 6) is 2.41. The van der Waals surface area contributed by atoms with E-state index in [1.54, 1.807) is 56.3 Å². The van der Waals surface area contributed by atoms with Gasteiger partial charge in [0.1, 0.15) is 39.9 Å². The van der Waals surface area contributed by atoms with Gasteiger partial charge in [0.25, 0.3) is 0 Å². The fourth-order valence-corrected chi connectivity index (χ4v) is 7.40. The van der Waals surface area contributed by atoms with Gasteiger partial charge in [-0.3, -0.25) is 4.79 Å². The Bertz CT molecular complexity index is 2180. The lowest BCUT2D eigenvalue weighted by molar-refractivity contribution is -0.160. The van der Waals surface area contributed by atoms with E-state index < -0.39 is 34.2 Å². The maximum atomic E-state index is 12.5. The Hall–Kier alpha value is -5.61. The lowest BCUT2D eigenvalue weighted by Crippen LogP contribution is -2.43. The maximum absolute atomic E-state index is 12.5. The van der Waals surface area contributed by atoms with Crippen LogP contribution in [-0.4, -0.2) is 35.8 Å². The molecule has 4 heterocycles. The molecule has 0 saturated carbocycles. The fourth-order valence-electron chi connectivity index (χ4n) is 7.40. The second-order valence-electron chi connectivity index (χ2n) is 16.6. The molecule has 0 fully saturated rings. The van der Waals surface area contributed by atoms with E-state index in [0.29, 0.717) is 23.7 Å². The second kappa shape index (κ2) is 16.3. The third-order valence-corrected chi connectivity index (χ3v) is 11.3. The van der Waals surface area contributed by atoms with Crippen LogP contribution in [-0.2, 0) is 15.9 Å². The van der Waals surface area contributed by atoms with Gasteiger partial charge in [0.2, 0.25) is 0 Å². The number of esters is 1. The minimum Gasteiger partial charge on any atom is -0.488 e. The Morgan fingerprint density at radius 1 is 0.759 bits per heavy atom. The highest BCUT2D eigenvalue weighted by molar-refractivity contribution is 5.80. The minimum atomic E-state index is -1.58. The van der Waals surface area contributed by atoms with Crippen molar-refractivity contribution in [2.75, 3.05) is 7.05 Å². The first-order chi connectivity index (χ1) is 27.4. The fraction of sp³-hybridized carbons (Fsp3) is 0.327. The summed E-state index contributed by atoms with van der Waals surface area (Å²) < 4.78 is 30.1. The van der Waals surface area contributed by atoms with Gasteiger partial charge in [-0.15, -0.1) is 6.58 Å². The van der Waals surface area contributed by atoms with Crippen molar-refractivity contribution in [2.24, 2.45) is 11.1 Å². The third kappa shape index (κ3) is 8.92. The van der Waals surface area contributed by atoms with Crippen LogP contribution in [0, 0.1) is 5.41 Å². The van der Waals surface area contributed by atoms with Gasteiger partial charge < -0.3 is 39.8 Å². The van der Waals surface area contributed by atoms with Crippen molar-refractivity contribution in [2.45, 2.75) is 90.1 Å². The molecule has 4 atom stereocenters. The van der Waals surface area contributed by atoms with Gasteiger partial charge in [0.05, 0.1) is 16.5 Å². The first-order valence-electron chi connectivity index (χ1n) is 19.7. The van der Waals surface area contributed by atoms with E-state index in [-0.39, 0.29) is 5.97 Å². The Kier molecular flexibility index (Phi) is 11.8. The standard InChI is InChI=1S/C49H56N2O7/c1-10-45(3,4)43(52)54-38-22-12-33(13-23-38)48(8,51-9)34-14-24-39(25-15-34)55-44(53)56-40-26-16-35(17-27-40)49(50)36-18-28-41(29-19-36)57-46(5,6)32-47(7,11-2)58-42-30-20-37(49)21-31-42/h10,12-31,44,51,53H,1,11,32,50H2,2-9H3. The van der Waals surface area contributed by atoms with Crippen LogP contribution in [0.15, 0.2) is 134 Å². The van der Waals surface area contributed by atoms with Crippen molar-refractivity contribution < 1.29 is 33.6 Å². The van der Waals surface area contributed by atoms with Gasteiger partial charge in [-0.2, -0.15) is 0 Å². The SMILES string of the molecule is C=CC(C)(C)C(=O)Oc1ccc(C(C)(NC)c2ccc(OC(O)Oc3ccc(C4(N)c5ccc(cc5)OC(C)(C)CC(C)(CC)Oc5ccc4cc5)cc3)cc2)cc1. The van der Waals surface area contributed by atoms with E-state index in [0.717, 1.165) is 45.7 Å². The molecule has 58 heavy (non-hydrogen) atoms. The molecule has 0 saturated heterocycles. The molecule has 4 aliphatic rings. The van der Waals surface area contributed by atoms with E-state index in [1.807, 2.05) is 92.0 Å². The Morgan fingerprint density at radius 3 is 1.60 bits per heavy atom. The first-order valence-corrected chi connectivity index (χ1v) is 19.7. The second-order valence-corrected chi connectivity index (χ2v) is 16.6. The van der Waals surface area contributed by atoms with E-state index in [2.05, 4.69) is 46.5 Å². The smallest absolute Gasteiger partial charge is 0.358 e. The van der Waals surface area contributed by atoms with Crippen LogP contribution in [0.25, 0.3) is 0 Å². The normalized spacial score (nSPS) is 20.4. The van der Waals surface area contributed by atoms with Crippen LogP contribution in [0.3, 0.4) is 0 Å². The molecule has 4 bridgehead atoms. The van der Waals surface area contributed by atoms with Crippen molar-refractivity contribution in [1.29, 1.82) is 0 Å². The third-order valence-electron chi connectivity index (χ3n) is 11.3. The number of rotatable bonds is 12. The number of ether oxygens (including phenoxy) is 5. The molecule has 4 aliphatic heterocycles. The minimum absolute atomic E-state index is 0.376. The van der Waals surface area contributed by atoms with Crippen LogP contribution in [0.2, 0.25) is 0 Å². The number of benzene rings is 5. The highest BCUT2D eigenvalue weighted by atomic mass is 16.8. The van der Waals surface area contributed by atoms with Crippen molar-refractivity contribution in [1.82, 2.24) is 5.32 Å². The van der Waals surface area contributed by atoms with Gasteiger partial charge in [0.15, 0.2) is 0 Å². The average molecular weight is 785 g/mol. The van der Waals surface area contributed by atoms with E-state index >= 15 is 0 Å². The summed E-state index contributed by atoms with van der Waals surface area (Å²) in [6, 6.07) is 38.0. The van der Waals surface area contributed by atoms with Gasteiger partial charge in [-0.25, -0.2) is 0 Å². The largest absolute Gasteiger partial charge is 0.488 e. The number of aliphatic hydroxyl groups is 1. The number of carbonyl (C=O) groups excluding carboxylic acids is 1. The predicted molar refractivity (Wildman–Crippen MR) is 227 cm³/mol. The highest BCUT2D eigenvalue weighted by Crippen LogP contribution is 2.40. The van der Waals surface area contributed by atoms with Crippen molar-refractivity contribution in [3.05, 3.63) is 162 Å². The molecular weight excluding hydrogens is 729 g/mol. The molecule has 9 rings (SSSR count). The molecule has 5 aromatic rings. The van der Waals surface area contributed by atoms with Crippen LogP contribution < -0.4 is 34.7 Å². The first kappa shape index (κ1) is 42.0. The molecule has 5 aromatic carbocycles. The number of nitrogens with two attached hydrogens (primary N) is 1. The number of nitrogens with one attached hydrogen (secondary N) is 1. The van der Waals surface area contributed by atoms with Crippen LogP contribution in [0.4, 0.5) is 0 Å². The van der Waals surface area contributed by atoms with Crippen molar-refractivity contribution in [3.63, 3.8) is 0 Å². The summed E-state index contributed by atoms with van der Waals surface area (Å²) in [6.07, 6.45) is 3.08. The molecule has 0 radical (unpaired) electrons. The monoisotopic (exact) mass is 784 g/mol. The zero-order valence-electron chi connectivity index (χ0n) is 34.8. The summed E-state index contributed by atoms with van der Waals surface area (Å²) in [4.78, 5) is 12.5. The van der Waals surface area contributed by atoms with Crippen LogP contribution in [0.5, 0.6) is 28.7 Å². The number of hydrogen-bond acceptors (Lipinski definition) is 9. The summed E-state index contributed by atoms with van der Waals surface area (Å²) in [7, 11) is 1.88. The van der Waals surface area contributed by atoms with Gasteiger partial charge in [-0.05, 0) is 143 Å². The molecule has 0 aliphatic carbocycles. The van der Waals surface area contributed by atoms with Gasteiger partial charge in [-0.1, -0.05) is 73.7 Å². The molecule has 9 nitrogen and oxygen atoms in total. The maximum Gasteiger partial charge on any atom is 0.358 e. The molecule has 0 aromatic heterocycles. The lowest BCUT2D eigenvalue weighted by Gasteiger charge is -2.38. The molecule has 4 N–H and O–H groups in total. The van der Waals surface area contributed by atoms with Crippen LogP contribution >= 0.6 is 0 Å². The zero-order valence-corrected chi connectivity index (χ0v) is 34.8. The average Bonchev–Trinajstić information content (AvgIpc) is 3.21. The van der Waals surface area contributed by atoms with Crippen molar-refractivity contribution >= 4 is 5.97 Å². The van der Waals surface area contributed by atoms with Gasteiger partial charge in [0, 0.05) is 6.42 Å². The number of hydrogen-bond donors (Lipinski definition) is 3. The number of carbonyl (C=O) groups is 1. The Balaban J connectivity index is 1.16. The van der Waals surface area contributed by atoms with E-state index in [9.17, 15) is 9.90 Å². The topological polar surface area (TPSA) is 122 Å². The summed E-state index contributed by atoms with van der Waals surface area (Å²) >= 11 is 0. The lowest BCUT2D eigenvalue weighted by atomic mass is 9.78.